The quantitative estimate of drug-likeness (QED) is 0.524. The number of nitrogens with zero attached hydrogens (tertiary/aromatic N) is 6. The smallest absolute Gasteiger partial charge is 0.162 e. The lowest BCUT2D eigenvalue weighted by atomic mass is 10.1. The summed E-state index contributed by atoms with van der Waals surface area (Å²) in [5.41, 5.74) is 5.24. The van der Waals surface area contributed by atoms with Crippen LogP contribution in [0, 0.1) is 0 Å². The molecule has 158 valence electrons. The van der Waals surface area contributed by atoms with E-state index in [9.17, 15) is 0 Å². The number of benzene rings is 1. The van der Waals surface area contributed by atoms with E-state index in [1.165, 1.54) is 0 Å². The summed E-state index contributed by atoms with van der Waals surface area (Å²) < 4.78 is 1.92. The molecule has 1 N–H and O–H groups in total. The predicted octanol–water partition coefficient (Wildman–Crippen LogP) is 3.15. The van der Waals surface area contributed by atoms with Crippen LogP contribution in [0.4, 0.5) is 5.82 Å². The van der Waals surface area contributed by atoms with Gasteiger partial charge in [-0.25, -0.2) is 4.98 Å². The van der Waals surface area contributed by atoms with E-state index >= 15 is 0 Å². The largest absolute Gasteiger partial charge is 0.366 e. The molecule has 31 heavy (non-hydrogen) atoms. The first-order valence-corrected chi connectivity index (χ1v) is 10.7. The van der Waals surface area contributed by atoms with Gasteiger partial charge >= 0.3 is 0 Å². The van der Waals surface area contributed by atoms with Crippen LogP contribution >= 0.6 is 0 Å². The minimum absolute atomic E-state index is 0.675. The maximum Gasteiger partial charge on any atom is 0.162 e. The Labute approximate surface area is 182 Å². The van der Waals surface area contributed by atoms with Gasteiger partial charge in [0.05, 0.1) is 11.9 Å². The number of rotatable bonds is 6. The maximum absolute atomic E-state index is 5.01. The zero-order valence-corrected chi connectivity index (χ0v) is 17.8. The number of likely N-dealkylation sites (N-methyl/N-ethyl adjacent to an activating group) is 1. The third kappa shape index (κ3) is 4.42. The number of piperazine rings is 1. The van der Waals surface area contributed by atoms with Crippen LogP contribution in [0.5, 0.6) is 0 Å². The highest BCUT2D eigenvalue weighted by atomic mass is 15.3. The van der Waals surface area contributed by atoms with Crippen molar-refractivity contribution in [2.45, 2.75) is 13.1 Å². The standard InChI is InChI=1S/C24H27N7/c1-29-10-12-30(13-11-29)18-21-17-27-31-23(26-16-19-6-5-9-25-15-19)14-22(28-24(21)31)20-7-3-2-4-8-20/h2-9,14-15,17,26H,10-13,16,18H2,1H3. The van der Waals surface area contributed by atoms with Crippen molar-refractivity contribution in [1.29, 1.82) is 0 Å². The van der Waals surface area contributed by atoms with Gasteiger partial charge in [-0.1, -0.05) is 36.4 Å². The minimum atomic E-state index is 0.675. The Morgan fingerprint density at radius 1 is 0.968 bits per heavy atom. The molecule has 0 unspecified atom stereocenters. The Balaban J connectivity index is 1.49. The first-order chi connectivity index (χ1) is 15.3. The van der Waals surface area contributed by atoms with Crippen LogP contribution in [0.15, 0.2) is 67.1 Å². The van der Waals surface area contributed by atoms with Crippen molar-refractivity contribution in [3.63, 3.8) is 0 Å². The van der Waals surface area contributed by atoms with Crippen molar-refractivity contribution < 1.29 is 0 Å². The van der Waals surface area contributed by atoms with E-state index in [-0.39, 0.29) is 0 Å². The molecule has 7 heteroatoms. The molecule has 1 aromatic carbocycles. The Kier molecular flexibility index (Phi) is 5.60. The molecule has 0 spiro atoms. The van der Waals surface area contributed by atoms with Gasteiger partial charge < -0.3 is 10.2 Å². The second-order valence-electron chi connectivity index (χ2n) is 8.09. The Morgan fingerprint density at radius 3 is 2.58 bits per heavy atom. The SMILES string of the molecule is CN1CCN(Cc2cnn3c(NCc4cccnc4)cc(-c4ccccc4)nc23)CC1. The third-order valence-electron chi connectivity index (χ3n) is 5.80. The molecule has 0 radical (unpaired) electrons. The van der Waals surface area contributed by atoms with E-state index in [1.807, 2.05) is 41.2 Å². The fraction of sp³-hybridized carbons (Fsp3) is 0.292. The van der Waals surface area contributed by atoms with Gasteiger partial charge in [-0.3, -0.25) is 9.88 Å². The van der Waals surface area contributed by atoms with Crippen LogP contribution < -0.4 is 5.32 Å². The lowest BCUT2D eigenvalue weighted by Gasteiger charge is -2.32. The molecule has 1 aliphatic heterocycles. The van der Waals surface area contributed by atoms with Crippen molar-refractivity contribution in [3.05, 3.63) is 78.2 Å². The van der Waals surface area contributed by atoms with E-state index in [2.05, 4.69) is 56.5 Å². The zero-order valence-electron chi connectivity index (χ0n) is 17.8. The average Bonchev–Trinajstić information content (AvgIpc) is 3.23. The molecular weight excluding hydrogens is 386 g/mol. The lowest BCUT2D eigenvalue weighted by Crippen LogP contribution is -2.43. The van der Waals surface area contributed by atoms with Gasteiger partial charge in [0, 0.05) is 68.9 Å². The van der Waals surface area contributed by atoms with E-state index in [0.29, 0.717) is 6.54 Å². The number of hydrogen-bond acceptors (Lipinski definition) is 6. The summed E-state index contributed by atoms with van der Waals surface area (Å²) in [6, 6.07) is 16.4. The monoisotopic (exact) mass is 413 g/mol. The fourth-order valence-electron chi connectivity index (χ4n) is 3.94. The van der Waals surface area contributed by atoms with Crippen molar-refractivity contribution in [2.75, 3.05) is 38.5 Å². The Hall–Kier alpha value is -3.29. The van der Waals surface area contributed by atoms with Gasteiger partial charge in [0.15, 0.2) is 5.65 Å². The van der Waals surface area contributed by atoms with Gasteiger partial charge in [-0.2, -0.15) is 9.61 Å². The first kappa shape index (κ1) is 19.7. The van der Waals surface area contributed by atoms with Crippen LogP contribution in [0.3, 0.4) is 0 Å². The number of hydrogen-bond donors (Lipinski definition) is 1. The second-order valence-corrected chi connectivity index (χ2v) is 8.09. The molecule has 1 saturated heterocycles. The average molecular weight is 414 g/mol. The predicted molar refractivity (Wildman–Crippen MR) is 123 cm³/mol. The number of nitrogens with one attached hydrogen (secondary N) is 1. The normalized spacial score (nSPS) is 15.4. The van der Waals surface area contributed by atoms with Crippen molar-refractivity contribution >= 4 is 11.5 Å². The van der Waals surface area contributed by atoms with Gasteiger partial charge in [0.2, 0.25) is 0 Å². The maximum atomic E-state index is 5.01. The van der Waals surface area contributed by atoms with Crippen LogP contribution in [0.2, 0.25) is 0 Å². The first-order valence-electron chi connectivity index (χ1n) is 10.7. The van der Waals surface area contributed by atoms with Gasteiger partial charge in [-0.05, 0) is 18.7 Å². The molecule has 7 nitrogen and oxygen atoms in total. The van der Waals surface area contributed by atoms with E-state index < -0.39 is 0 Å². The molecule has 0 atom stereocenters. The molecule has 0 bridgehead atoms. The van der Waals surface area contributed by atoms with E-state index in [4.69, 9.17) is 4.98 Å². The molecule has 1 fully saturated rings. The molecule has 5 rings (SSSR count). The van der Waals surface area contributed by atoms with Crippen molar-refractivity contribution in [1.82, 2.24) is 29.4 Å². The summed E-state index contributed by atoms with van der Waals surface area (Å²) in [6.07, 6.45) is 5.63. The number of pyridine rings is 1. The molecule has 3 aromatic heterocycles. The van der Waals surface area contributed by atoms with E-state index in [0.717, 1.165) is 66.6 Å². The second kappa shape index (κ2) is 8.83. The fourth-order valence-corrected chi connectivity index (χ4v) is 3.94. The number of anilines is 1. The molecule has 0 saturated carbocycles. The minimum Gasteiger partial charge on any atom is -0.366 e. The van der Waals surface area contributed by atoms with Crippen LogP contribution in [-0.2, 0) is 13.1 Å². The lowest BCUT2D eigenvalue weighted by molar-refractivity contribution is 0.148. The van der Waals surface area contributed by atoms with Gasteiger partial charge in [-0.15, -0.1) is 0 Å². The summed E-state index contributed by atoms with van der Waals surface area (Å²) in [5, 5.41) is 8.22. The molecular formula is C24H27N7. The van der Waals surface area contributed by atoms with Crippen LogP contribution in [0.25, 0.3) is 16.9 Å². The van der Waals surface area contributed by atoms with Crippen molar-refractivity contribution in [2.24, 2.45) is 0 Å². The molecule has 4 heterocycles. The van der Waals surface area contributed by atoms with Gasteiger partial charge in [0.25, 0.3) is 0 Å². The van der Waals surface area contributed by atoms with E-state index in [1.54, 1.807) is 6.20 Å². The highest BCUT2D eigenvalue weighted by molar-refractivity contribution is 5.67. The Bertz CT molecular complexity index is 1130. The number of aromatic nitrogens is 4. The molecule has 4 aromatic rings. The summed E-state index contributed by atoms with van der Waals surface area (Å²) in [7, 11) is 2.18. The highest BCUT2D eigenvalue weighted by Gasteiger charge is 2.18. The number of fused-ring (bicyclic) bond motifs is 1. The topological polar surface area (TPSA) is 61.6 Å². The van der Waals surface area contributed by atoms with Crippen LogP contribution in [0.1, 0.15) is 11.1 Å². The van der Waals surface area contributed by atoms with Crippen molar-refractivity contribution in [3.8, 4) is 11.3 Å². The summed E-state index contributed by atoms with van der Waals surface area (Å²) in [4.78, 5) is 14.1. The van der Waals surface area contributed by atoms with Gasteiger partial charge in [0.1, 0.15) is 5.82 Å². The molecule has 0 aliphatic carbocycles. The highest BCUT2D eigenvalue weighted by Crippen LogP contribution is 2.25. The van der Waals surface area contributed by atoms with Crippen LogP contribution in [-0.4, -0.2) is 62.6 Å². The molecule has 1 aliphatic rings. The third-order valence-corrected chi connectivity index (χ3v) is 5.80. The summed E-state index contributed by atoms with van der Waals surface area (Å²) >= 11 is 0. The molecule has 0 amide bonds. The summed E-state index contributed by atoms with van der Waals surface area (Å²) in [6.45, 7) is 5.87. The summed E-state index contributed by atoms with van der Waals surface area (Å²) in [5.74, 6) is 0.928. The zero-order chi connectivity index (χ0) is 21.0. The Morgan fingerprint density at radius 2 is 1.81 bits per heavy atom.